The molecule has 0 saturated heterocycles. The summed E-state index contributed by atoms with van der Waals surface area (Å²) in [6.07, 6.45) is 0. The molecule has 146 valence electrons. The van der Waals surface area contributed by atoms with E-state index in [2.05, 4.69) is 52.3 Å². The Labute approximate surface area is 188 Å². The van der Waals surface area contributed by atoms with E-state index in [4.69, 9.17) is 8.83 Å². The Bertz CT molecular complexity index is 1210. The highest BCUT2D eigenvalue weighted by Crippen LogP contribution is 2.29. The van der Waals surface area contributed by atoms with Gasteiger partial charge >= 0.3 is 0 Å². The Hall–Kier alpha value is -3.10. The van der Waals surface area contributed by atoms with Crippen molar-refractivity contribution >= 4 is 31.9 Å². The van der Waals surface area contributed by atoms with Crippen molar-refractivity contribution in [2.45, 2.75) is 0 Å². The zero-order valence-electron chi connectivity index (χ0n) is 15.3. The molecule has 5 rings (SSSR count). The Morgan fingerprint density at radius 2 is 0.833 bits per heavy atom. The van der Waals surface area contributed by atoms with Gasteiger partial charge in [0, 0.05) is 31.2 Å². The van der Waals surface area contributed by atoms with Gasteiger partial charge in [-0.2, -0.15) is 0 Å². The average Bonchev–Trinajstić information content (AvgIpc) is 3.45. The van der Waals surface area contributed by atoms with Gasteiger partial charge < -0.3 is 8.83 Å². The quantitative estimate of drug-likeness (QED) is 0.262. The lowest BCUT2D eigenvalue weighted by Crippen LogP contribution is -1.82. The summed E-state index contributed by atoms with van der Waals surface area (Å²) in [4.78, 5) is 0. The van der Waals surface area contributed by atoms with Crippen LogP contribution in [0.4, 0.5) is 0 Å². The molecule has 0 spiro atoms. The van der Waals surface area contributed by atoms with E-state index in [1.807, 2.05) is 72.8 Å². The molecule has 2 aromatic heterocycles. The summed E-state index contributed by atoms with van der Waals surface area (Å²) in [7, 11) is 0. The molecule has 0 atom stereocenters. The molecule has 0 N–H and O–H groups in total. The van der Waals surface area contributed by atoms with Crippen molar-refractivity contribution in [2.75, 3.05) is 0 Å². The summed E-state index contributed by atoms with van der Waals surface area (Å²) in [5.41, 5.74) is 3.24. The van der Waals surface area contributed by atoms with Crippen molar-refractivity contribution in [1.29, 1.82) is 0 Å². The van der Waals surface area contributed by atoms with E-state index in [0.29, 0.717) is 23.6 Å². The maximum absolute atomic E-state index is 5.86. The van der Waals surface area contributed by atoms with E-state index in [1.165, 1.54) is 0 Å². The van der Waals surface area contributed by atoms with Gasteiger partial charge in [0.15, 0.2) is 0 Å². The monoisotopic (exact) mass is 522 g/mol. The summed E-state index contributed by atoms with van der Waals surface area (Å²) in [5, 5.41) is 16.7. The minimum absolute atomic E-state index is 0.419. The summed E-state index contributed by atoms with van der Waals surface area (Å²) in [6, 6.07) is 22.9. The van der Waals surface area contributed by atoms with Crippen LogP contribution in [0.15, 0.2) is 90.6 Å². The Morgan fingerprint density at radius 1 is 0.467 bits per heavy atom. The standard InChI is InChI=1S/C22H12Br2N4O2/c23-17-8-4-13(5-9-17)19-25-27-21(29-19)15-2-1-3-16(12-15)22-28-26-20(30-22)14-6-10-18(24)11-7-14/h1-12H. The lowest BCUT2D eigenvalue weighted by Gasteiger charge is -1.99. The van der Waals surface area contributed by atoms with E-state index in [1.54, 1.807) is 0 Å². The maximum atomic E-state index is 5.86. The second-order valence-electron chi connectivity index (χ2n) is 6.42. The van der Waals surface area contributed by atoms with Gasteiger partial charge in [0.1, 0.15) is 0 Å². The van der Waals surface area contributed by atoms with E-state index < -0.39 is 0 Å². The fourth-order valence-corrected chi connectivity index (χ4v) is 3.41. The van der Waals surface area contributed by atoms with E-state index in [0.717, 1.165) is 31.2 Å². The van der Waals surface area contributed by atoms with Crippen molar-refractivity contribution in [1.82, 2.24) is 20.4 Å². The number of nitrogens with zero attached hydrogens (tertiary/aromatic N) is 4. The van der Waals surface area contributed by atoms with Gasteiger partial charge in [0.25, 0.3) is 0 Å². The van der Waals surface area contributed by atoms with Gasteiger partial charge in [-0.05, 0) is 66.7 Å². The van der Waals surface area contributed by atoms with Crippen LogP contribution in [-0.2, 0) is 0 Å². The maximum Gasteiger partial charge on any atom is 0.248 e. The van der Waals surface area contributed by atoms with Gasteiger partial charge in [-0.25, -0.2) is 0 Å². The first kappa shape index (κ1) is 18.9. The molecule has 0 fully saturated rings. The molecule has 0 saturated carbocycles. The number of aromatic nitrogens is 4. The molecule has 8 heteroatoms. The van der Waals surface area contributed by atoms with Crippen molar-refractivity contribution in [3.63, 3.8) is 0 Å². The molecule has 0 bridgehead atoms. The van der Waals surface area contributed by atoms with E-state index in [-0.39, 0.29) is 0 Å². The first-order chi connectivity index (χ1) is 14.7. The highest BCUT2D eigenvalue weighted by molar-refractivity contribution is 9.10. The fourth-order valence-electron chi connectivity index (χ4n) is 2.88. The third-order valence-electron chi connectivity index (χ3n) is 4.39. The topological polar surface area (TPSA) is 77.8 Å². The minimum Gasteiger partial charge on any atom is -0.416 e. The van der Waals surface area contributed by atoms with Gasteiger partial charge in [-0.15, -0.1) is 20.4 Å². The van der Waals surface area contributed by atoms with Crippen LogP contribution in [0.2, 0.25) is 0 Å². The molecule has 3 aromatic carbocycles. The van der Waals surface area contributed by atoms with E-state index in [9.17, 15) is 0 Å². The minimum atomic E-state index is 0.419. The molecule has 0 unspecified atom stereocenters. The van der Waals surface area contributed by atoms with Crippen molar-refractivity contribution in [3.8, 4) is 45.8 Å². The van der Waals surface area contributed by atoms with Gasteiger partial charge in [-0.3, -0.25) is 0 Å². The van der Waals surface area contributed by atoms with Crippen LogP contribution in [0.1, 0.15) is 0 Å². The molecule has 2 heterocycles. The van der Waals surface area contributed by atoms with Crippen LogP contribution in [0.25, 0.3) is 45.8 Å². The van der Waals surface area contributed by atoms with Gasteiger partial charge in [0.2, 0.25) is 23.6 Å². The molecule has 0 aliphatic carbocycles. The first-order valence-electron chi connectivity index (χ1n) is 8.95. The van der Waals surface area contributed by atoms with Crippen LogP contribution < -0.4 is 0 Å². The molecule has 30 heavy (non-hydrogen) atoms. The number of benzene rings is 3. The predicted octanol–water partition coefficient (Wildman–Crippen LogP) is 6.65. The van der Waals surface area contributed by atoms with Crippen LogP contribution in [0.5, 0.6) is 0 Å². The molecule has 6 nitrogen and oxygen atoms in total. The zero-order valence-corrected chi connectivity index (χ0v) is 18.5. The Morgan fingerprint density at radius 3 is 1.23 bits per heavy atom. The number of halogens is 2. The number of rotatable bonds is 4. The number of hydrogen-bond acceptors (Lipinski definition) is 6. The summed E-state index contributed by atoms with van der Waals surface area (Å²) in [6.45, 7) is 0. The van der Waals surface area contributed by atoms with Crippen LogP contribution >= 0.6 is 31.9 Å². The molecule has 0 radical (unpaired) electrons. The lowest BCUT2D eigenvalue weighted by atomic mass is 10.1. The molecule has 5 aromatic rings. The van der Waals surface area contributed by atoms with Gasteiger partial charge in [0.05, 0.1) is 0 Å². The Balaban J connectivity index is 1.44. The number of hydrogen-bond donors (Lipinski definition) is 0. The largest absolute Gasteiger partial charge is 0.416 e. The Kier molecular flexibility index (Phi) is 5.02. The second kappa shape index (κ2) is 7.97. The predicted molar refractivity (Wildman–Crippen MR) is 119 cm³/mol. The lowest BCUT2D eigenvalue weighted by molar-refractivity contribution is 0.582. The molecular weight excluding hydrogens is 512 g/mol. The fraction of sp³-hybridized carbons (Fsp3) is 0. The SMILES string of the molecule is Brc1ccc(-c2nnc(-c3cccc(-c4nnc(-c5ccc(Br)cc5)o4)c3)o2)cc1. The highest BCUT2D eigenvalue weighted by Gasteiger charge is 2.14. The molecule has 0 amide bonds. The van der Waals surface area contributed by atoms with Crippen LogP contribution in [-0.4, -0.2) is 20.4 Å². The van der Waals surface area contributed by atoms with Crippen LogP contribution in [0.3, 0.4) is 0 Å². The third kappa shape index (κ3) is 3.83. The summed E-state index contributed by atoms with van der Waals surface area (Å²) >= 11 is 6.84. The third-order valence-corrected chi connectivity index (χ3v) is 5.45. The second-order valence-corrected chi connectivity index (χ2v) is 8.25. The normalized spacial score (nSPS) is 11.0. The molecule has 0 aliphatic heterocycles. The van der Waals surface area contributed by atoms with Gasteiger partial charge in [-0.1, -0.05) is 37.9 Å². The zero-order chi connectivity index (χ0) is 20.5. The highest BCUT2D eigenvalue weighted by atomic mass is 79.9. The molecule has 0 aliphatic rings. The van der Waals surface area contributed by atoms with E-state index >= 15 is 0 Å². The summed E-state index contributed by atoms with van der Waals surface area (Å²) < 4.78 is 13.7. The van der Waals surface area contributed by atoms with Crippen molar-refractivity contribution < 1.29 is 8.83 Å². The summed E-state index contributed by atoms with van der Waals surface area (Å²) in [5.74, 6) is 1.75. The van der Waals surface area contributed by atoms with Crippen molar-refractivity contribution in [3.05, 3.63) is 81.7 Å². The molecular formula is C22H12Br2N4O2. The smallest absolute Gasteiger partial charge is 0.248 e. The first-order valence-corrected chi connectivity index (χ1v) is 10.5. The average molecular weight is 524 g/mol. The van der Waals surface area contributed by atoms with Crippen LogP contribution in [0, 0.1) is 0 Å². The van der Waals surface area contributed by atoms with Crippen molar-refractivity contribution in [2.24, 2.45) is 0 Å².